The van der Waals surface area contributed by atoms with Gasteiger partial charge in [0.2, 0.25) is 0 Å². The number of ether oxygens (including phenoxy) is 1. The van der Waals surface area contributed by atoms with Gasteiger partial charge in [-0.25, -0.2) is 0 Å². The van der Waals surface area contributed by atoms with E-state index in [0.29, 0.717) is 13.2 Å². The van der Waals surface area contributed by atoms with Gasteiger partial charge >= 0.3 is 0 Å². The van der Waals surface area contributed by atoms with Crippen molar-refractivity contribution in [2.45, 2.75) is 19.3 Å². The van der Waals surface area contributed by atoms with Crippen LogP contribution < -0.4 is 0 Å². The molecule has 0 aromatic heterocycles. The fraction of sp³-hybridized carbons (Fsp3) is 1.00. The van der Waals surface area contributed by atoms with Crippen molar-refractivity contribution in [2.24, 2.45) is 0 Å². The summed E-state index contributed by atoms with van der Waals surface area (Å²) in [5.74, 6) is 0. The average Bonchev–Trinajstić information content (AvgIpc) is 1.97. The van der Waals surface area contributed by atoms with E-state index in [1.165, 1.54) is 0 Å². The molecule has 0 fully saturated rings. The molecule has 0 atom stereocenters. The van der Waals surface area contributed by atoms with Gasteiger partial charge in [-0.05, 0) is 19.3 Å². The Hall–Kier alpha value is -0.120. The van der Waals surface area contributed by atoms with Crippen LogP contribution in [0.15, 0.2) is 0 Å². The first-order chi connectivity index (χ1) is 4.91. The largest absolute Gasteiger partial charge is 0.396 e. The summed E-state index contributed by atoms with van der Waals surface area (Å²) in [5, 5.41) is 16.7. The quantitative estimate of drug-likeness (QED) is 0.505. The normalized spacial score (nSPS) is 10.2. The third-order valence-electron chi connectivity index (χ3n) is 1.18. The first-order valence-corrected chi connectivity index (χ1v) is 3.71. The van der Waals surface area contributed by atoms with E-state index in [1.807, 2.05) is 0 Å². The van der Waals surface area contributed by atoms with Crippen LogP contribution >= 0.6 is 0 Å². The minimum atomic E-state index is 0.0972. The van der Waals surface area contributed by atoms with Gasteiger partial charge < -0.3 is 14.9 Å². The highest BCUT2D eigenvalue weighted by molar-refractivity contribution is 4.38. The lowest BCUT2D eigenvalue weighted by Gasteiger charge is -1.99. The van der Waals surface area contributed by atoms with E-state index in [9.17, 15) is 0 Å². The minimum absolute atomic E-state index is 0.0972. The van der Waals surface area contributed by atoms with Gasteiger partial charge in [-0.3, -0.25) is 0 Å². The van der Waals surface area contributed by atoms with Crippen molar-refractivity contribution in [1.29, 1.82) is 0 Å². The lowest BCUT2D eigenvalue weighted by Crippen LogP contribution is -2.00. The molecule has 2 N–H and O–H groups in total. The summed E-state index contributed by atoms with van der Waals surface area (Å²) in [7, 11) is 0. The highest BCUT2D eigenvalue weighted by atomic mass is 16.5. The van der Waals surface area contributed by atoms with E-state index in [1.54, 1.807) is 0 Å². The molecule has 0 aliphatic rings. The molecule has 0 saturated heterocycles. The van der Waals surface area contributed by atoms with Gasteiger partial charge in [0.1, 0.15) is 0 Å². The average molecular weight is 148 g/mol. The topological polar surface area (TPSA) is 49.7 Å². The summed E-state index contributed by atoms with van der Waals surface area (Å²) in [5.41, 5.74) is 0. The standard InChI is InChI=1S/C7H16O3/c8-4-2-1-3-6-10-7-5-9/h8-9H,1-7H2. The van der Waals surface area contributed by atoms with Crippen molar-refractivity contribution in [3.05, 3.63) is 0 Å². The molecule has 0 saturated carbocycles. The second kappa shape index (κ2) is 8.88. The van der Waals surface area contributed by atoms with Crippen molar-refractivity contribution in [2.75, 3.05) is 26.4 Å². The lowest BCUT2D eigenvalue weighted by atomic mass is 10.2. The zero-order chi connectivity index (χ0) is 7.66. The first-order valence-electron chi connectivity index (χ1n) is 3.71. The molecule has 0 rings (SSSR count). The second-order valence-electron chi connectivity index (χ2n) is 2.12. The third-order valence-corrected chi connectivity index (χ3v) is 1.18. The Bertz CT molecular complexity index is 48.8. The predicted octanol–water partition coefficient (Wildman–Crippen LogP) is 0.158. The van der Waals surface area contributed by atoms with Crippen LogP contribution in [-0.4, -0.2) is 36.6 Å². The summed E-state index contributed by atoms with van der Waals surface area (Å²) in [6, 6.07) is 0. The molecule has 62 valence electrons. The molecule has 0 amide bonds. The summed E-state index contributed by atoms with van der Waals surface area (Å²) in [6.45, 7) is 1.49. The number of aliphatic hydroxyl groups excluding tert-OH is 2. The predicted molar refractivity (Wildman–Crippen MR) is 38.8 cm³/mol. The van der Waals surface area contributed by atoms with Crippen LogP contribution in [0.4, 0.5) is 0 Å². The van der Waals surface area contributed by atoms with Gasteiger partial charge in [-0.15, -0.1) is 0 Å². The van der Waals surface area contributed by atoms with E-state index in [2.05, 4.69) is 0 Å². The molecule has 0 unspecified atom stereocenters. The Morgan fingerprint density at radius 3 is 2.20 bits per heavy atom. The van der Waals surface area contributed by atoms with E-state index >= 15 is 0 Å². The third kappa shape index (κ3) is 7.88. The fourth-order valence-corrected chi connectivity index (χ4v) is 0.659. The Morgan fingerprint density at radius 2 is 1.60 bits per heavy atom. The Balaban J connectivity index is 2.65. The molecule has 0 aliphatic carbocycles. The lowest BCUT2D eigenvalue weighted by molar-refractivity contribution is 0.0888. The summed E-state index contributed by atoms with van der Waals surface area (Å²) in [6.07, 6.45) is 2.82. The molecule has 0 spiro atoms. The molecule has 3 nitrogen and oxygen atoms in total. The minimum Gasteiger partial charge on any atom is -0.396 e. The molecule has 0 aromatic carbocycles. The van der Waals surface area contributed by atoms with Crippen LogP contribution in [0.2, 0.25) is 0 Å². The van der Waals surface area contributed by atoms with E-state index in [-0.39, 0.29) is 13.2 Å². The molecule has 0 aromatic rings. The van der Waals surface area contributed by atoms with Crippen LogP contribution in [0.5, 0.6) is 0 Å². The molecule has 0 aliphatic heterocycles. The Kier molecular flexibility index (Phi) is 8.77. The van der Waals surface area contributed by atoms with Crippen LogP contribution in [0.25, 0.3) is 0 Å². The van der Waals surface area contributed by atoms with Crippen molar-refractivity contribution in [1.82, 2.24) is 0 Å². The Morgan fingerprint density at radius 1 is 0.800 bits per heavy atom. The van der Waals surface area contributed by atoms with Gasteiger partial charge in [-0.1, -0.05) is 0 Å². The SMILES string of the molecule is OCCCCCOCCO. The molecular formula is C7H16O3. The zero-order valence-corrected chi connectivity index (χ0v) is 6.25. The number of aliphatic hydroxyl groups is 2. The van der Waals surface area contributed by atoms with Crippen molar-refractivity contribution in [3.8, 4) is 0 Å². The van der Waals surface area contributed by atoms with E-state index in [4.69, 9.17) is 14.9 Å². The number of hydrogen-bond acceptors (Lipinski definition) is 3. The van der Waals surface area contributed by atoms with Crippen LogP contribution in [0.1, 0.15) is 19.3 Å². The van der Waals surface area contributed by atoms with Crippen molar-refractivity contribution in [3.63, 3.8) is 0 Å². The highest BCUT2D eigenvalue weighted by Gasteiger charge is 1.87. The van der Waals surface area contributed by atoms with Crippen LogP contribution in [0, 0.1) is 0 Å². The maximum atomic E-state index is 8.39. The Labute approximate surface area is 61.6 Å². The van der Waals surface area contributed by atoms with Gasteiger partial charge in [0.05, 0.1) is 13.2 Å². The maximum absolute atomic E-state index is 8.39. The van der Waals surface area contributed by atoms with E-state index in [0.717, 1.165) is 19.3 Å². The number of rotatable bonds is 7. The van der Waals surface area contributed by atoms with Gasteiger partial charge in [0.15, 0.2) is 0 Å². The van der Waals surface area contributed by atoms with Crippen LogP contribution in [-0.2, 0) is 4.74 Å². The zero-order valence-electron chi connectivity index (χ0n) is 6.25. The van der Waals surface area contributed by atoms with Crippen LogP contribution in [0.3, 0.4) is 0 Å². The number of hydrogen-bond donors (Lipinski definition) is 2. The summed E-state index contributed by atoms with van der Waals surface area (Å²) < 4.78 is 5.00. The molecule has 10 heavy (non-hydrogen) atoms. The first kappa shape index (κ1) is 9.88. The molecule has 0 bridgehead atoms. The van der Waals surface area contributed by atoms with Crippen molar-refractivity contribution >= 4 is 0 Å². The molecule has 3 heteroatoms. The second-order valence-corrected chi connectivity index (χ2v) is 2.12. The van der Waals surface area contributed by atoms with Gasteiger partial charge in [0, 0.05) is 13.2 Å². The fourth-order valence-electron chi connectivity index (χ4n) is 0.659. The summed E-state index contributed by atoms with van der Waals surface area (Å²) >= 11 is 0. The van der Waals surface area contributed by atoms with Gasteiger partial charge in [0.25, 0.3) is 0 Å². The van der Waals surface area contributed by atoms with Crippen molar-refractivity contribution < 1.29 is 14.9 Å². The van der Waals surface area contributed by atoms with E-state index < -0.39 is 0 Å². The molecular weight excluding hydrogens is 132 g/mol. The molecule has 0 radical (unpaired) electrons. The van der Waals surface area contributed by atoms with Gasteiger partial charge in [-0.2, -0.15) is 0 Å². The summed E-state index contributed by atoms with van der Waals surface area (Å²) in [4.78, 5) is 0. The highest BCUT2D eigenvalue weighted by Crippen LogP contribution is 1.93. The maximum Gasteiger partial charge on any atom is 0.0697 e. The molecule has 0 heterocycles. The number of unbranched alkanes of at least 4 members (excludes halogenated alkanes) is 2. The smallest absolute Gasteiger partial charge is 0.0697 e. The monoisotopic (exact) mass is 148 g/mol.